The molecule has 0 saturated heterocycles. The third-order valence-corrected chi connectivity index (χ3v) is 2.06. The monoisotopic (exact) mass is 234 g/mol. The number of ketones is 1. The van der Waals surface area contributed by atoms with Crippen molar-refractivity contribution in [3.05, 3.63) is 47.0 Å². The summed E-state index contributed by atoms with van der Waals surface area (Å²) in [5, 5.41) is -0.227. The second-order valence-electron chi connectivity index (χ2n) is 2.76. The van der Waals surface area contributed by atoms with E-state index in [1.54, 1.807) is 0 Å². The molecule has 15 heavy (non-hydrogen) atoms. The van der Waals surface area contributed by atoms with Gasteiger partial charge < -0.3 is 0 Å². The first-order valence-corrected chi connectivity index (χ1v) is 4.27. The summed E-state index contributed by atoms with van der Waals surface area (Å²) < 4.78 is 36.7. The first kappa shape index (κ1) is 11.8. The molecule has 0 aliphatic rings. The molecule has 0 spiro atoms. The Hall–Kier alpha value is -1.29. The quantitative estimate of drug-likeness (QED) is 0.563. The number of alkyl halides is 3. The van der Waals surface area contributed by atoms with Crippen LogP contribution in [0.4, 0.5) is 13.2 Å². The largest absolute Gasteiger partial charge is 0.416 e. The van der Waals surface area contributed by atoms with Crippen LogP contribution in [0.3, 0.4) is 0 Å². The van der Waals surface area contributed by atoms with Crippen LogP contribution in [-0.4, -0.2) is 5.78 Å². The van der Waals surface area contributed by atoms with Gasteiger partial charge in [0.05, 0.1) is 10.6 Å². The van der Waals surface area contributed by atoms with Gasteiger partial charge in [-0.1, -0.05) is 18.2 Å². The van der Waals surface area contributed by atoms with Crippen LogP contribution in [0.2, 0.25) is 5.02 Å². The Labute approximate surface area is 89.2 Å². The third kappa shape index (κ3) is 2.59. The predicted octanol–water partition coefficient (Wildman–Crippen LogP) is 3.73. The number of hydrogen-bond donors (Lipinski definition) is 0. The summed E-state index contributed by atoms with van der Waals surface area (Å²) >= 11 is 5.54. The minimum absolute atomic E-state index is 0.0136. The highest BCUT2D eigenvalue weighted by Gasteiger charge is 2.31. The van der Waals surface area contributed by atoms with Crippen molar-refractivity contribution < 1.29 is 18.0 Å². The molecule has 5 heteroatoms. The smallest absolute Gasteiger partial charge is 0.289 e. The van der Waals surface area contributed by atoms with E-state index in [9.17, 15) is 18.0 Å². The topological polar surface area (TPSA) is 17.1 Å². The van der Waals surface area contributed by atoms with E-state index in [0.717, 1.165) is 24.3 Å². The summed E-state index contributed by atoms with van der Waals surface area (Å²) in [6.07, 6.45) is -3.46. The van der Waals surface area contributed by atoms with E-state index in [1.165, 1.54) is 0 Å². The third-order valence-electron chi connectivity index (χ3n) is 1.75. The van der Waals surface area contributed by atoms with Gasteiger partial charge in [-0.05, 0) is 24.3 Å². The average molecular weight is 235 g/mol. The van der Waals surface area contributed by atoms with Crippen LogP contribution in [0, 0.1) is 0 Å². The van der Waals surface area contributed by atoms with Crippen LogP contribution in [0.25, 0.3) is 0 Å². The molecule has 0 bridgehead atoms. The zero-order valence-corrected chi connectivity index (χ0v) is 8.19. The van der Waals surface area contributed by atoms with Gasteiger partial charge in [-0.2, -0.15) is 13.2 Å². The van der Waals surface area contributed by atoms with Crippen molar-refractivity contribution in [1.82, 2.24) is 0 Å². The van der Waals surface area contributed by atoms with Crippen LogP contribution in [0.15, 0.2) is 30.9 Å². The number of carbonyl (C=O) groups excluding carboxylic acids is 1. The highest BCUT2D eigenvalue weighted by molar-refractivity contribution is 6.34. The Bertz CT molecular complexity index is 410. The fourth-order valence-corrected chi connectivity index (χ4v) is 1.27. The SMILES string of the molecule is C=CC(=O)c1ccc(C(F)(F)F)cc1Cl. The van der Waals surface area contributed by atoms with E-state index >= 15 is 0 Å². The molecule has 0 atom stereocenters. The lowest BCUT2D eigenvalue weighted by Gasteiger charge is -2.08. The van der Waals surface area contributed by atoms with Crippen molar-refractivity contribution in [2.75, 3.05) is 0 Å². The molecule has 1 aromatic rings. The number of allylic oxidation sites excluding steroid dienone is 1. The van der Waals surface area contributed by atoms with Crippen molar-refractivity contribution in [3.63, 3.8) is 0 Å². The number of hydrogen-bond acceptors (Lipinski definition) is 1. The van der Waals surface area contributed by atoms with Crippen LogP contribution in [-0.2, 0) is 6.18 Å². The molecule has 0 N–H and O–H groups in total. The van der Waals surface area contributed by atoms with Crippen LogP contribution < -0.4 is 0 Å². The van der Waals surface area contributed by atoms with Gasteiger partial charge in [-0.3, -0.25) is 4.79 Å². The molecular weight excluding hydrogens is 229 g/mol. The van der Waals surface area contributed by atoms with Crippen molar-refractivity contribution in [3.8, 4) is 0 Å². The number of carbonyl (C=O) groups is 1. The Morgan fingerprint density at radius 1 is 1.40 bits per heavy atom. The molecule has 0 fully saturated rings. The Kier molecular flexibility index (Phi) is 3.19. The lowest BCUT2D eigenvalue weighted by molar-refractivity contribution is -0.137. The summed E-state index contributed by atoms with van der Waals surface area (Å²) in [4.78, 5) is 11.1. The van der Waals surface area contributed by atoms with E-state index in [4.69, 9.17) is 11.6 Å². The number of rotatable bonds is 2. The molecule has 1 aromatic carbocycles. The maximum atomic E-state index is 12.2. The molecule has 0 aromatic heterocycles. The van der Waals surface area contributed by atoms with Gasteiger partial charge in [0.2, 0.25) is 0 Å². The predicted molar refractivity (Wildman–Crippen MR) is 51.0 cm³/mol. The highest BCUT2D eigenvalue weighted by atomic mass is 35.5. The fraction of sp³-hybridized carbons (Fsp3) is 0.100. The van der Waals surface area contributed by atoms with Gasteiger partial charge in [-0.25, -0.2) is 0 Å². The van der Waals surface area contributed by atoms with E-state index in [2.05, 4.69) is 6.58 Å². The van der Waals surface area contributed by atoms with Gasteiger partial charge in [0.25, 0.3) is 0 Å². The zero-order valence-electron chi connectivity index (χ0n) is 7.44. The maximum absolute atomic E-state index is 12.2. The Morgan fingerprint density at radius 2 is 2.00 bits per heavy atom. The summed E-state index contributed by atoms with van der Waals surface area (Å²) in [7, 11) is 0. The average Bonchev–Trinajstić information content (AvgIpc) is 2.15. The van der Waals surface area contributed by atoms with Gasteiger partial charge in [0.1, 0.15) is 0 Å². The summed E-state index contributed by atoms with van der Waals surface area (Å²) in [5.41, 5.74) is -0.868. The zero-order chi connectivity index (χ0) is 11.6. The molecule has 0 amide bonds. The normalized spacial score (nSPS) is 11.2. The lowest BCUT2D eigenvalue weighted by Crippen LogP contribution is -2.06. The molecule has 0 aliphatic heterocycles. The van der Waals surface area contributed by atoms with E-state index in [0.29, 0.717) is 0 Å². The molecular formula is C10H6ClF3O. The van der Waals surface area contributed by atoms with Gasteiger partial charge in [0, 0.05) is 5.56 Å². The van der Waals surface area contributed by atoms with E-state index < -0.39 is 17.5 Å². The molecule has 0 radical (unpaired) electrons. The molecule has 0 heterocycles. The molecule has 1 rings (SSSR count). The second kappa shape index (κ2) is 4.06. The minimum Gasteiger partial charge on any atom is -0.289 e. The molecule has 0 aliphatic carbocycles. The van der Waals surface area contributed by atoms with Gasteiger partial charge in [-0.15, -0.1) is 0 Å². The van der Waals surface area contributed by atoms with Gasteiger partial charge in [0.15, 0.2) is 5.78 Å². The molecule has 1 nitrogen and oxygen atoms in total. The Morgan fingerprint density at radius 3 is 2.40 bits per heavy atom. The minimum atomic E-state index is -4.46. The highest BCUT2D eigenvalue weighted by Crippen LogP contribution is 2.32. The van der Waals surface area contributed by atoms with Crippen LogP contribution in [0.5, 0.6) is 0 Å². The molecule has 80 valence electrons. The standard InChI is InChI=1S/C10H6ClF3O/c1-2-9(15)7-4-3-6(5-8(7)11)10(12,13)14/h2-5H,1H2. The van der Waals surface area contributed by atoms with Crippen LogP contribution >= 0.6 is 11.6 Å². The summed E-state index contributed by atoms with van der Waals surface area (Å²) in [5.74, 6) is -0.506. The first-order valence-electron chi connectivity index (χ1n) is 3.90. The molecule has 0 unspecified atom stereocenters. The van der Waals surface area contributed by atoms with E-state index in [1.807, 2.05) is 0 Å². The number of benzene rings is 1. The van der Waals surface area contributed by atoms with E-state index in [-0.39, 0.29) is 10.6 Å². The fourth-order valence-electron chi connectivity index (χ4n) is 1.00. The second-order valence-corrected chi connectivity index (χ2v) is 3.17. The van der Waals surface area contributed by atoms with Gasteiger partial charge >= 0.3 is 6.18 Å². The first-order chi connectivity index (χ1) is 6.86. The summed E-state index contributed by atoms with van der Waals surface area (Å²) in [6, 6.07) is 2.57. The molecule has 0 saturated carbocycles. The van der Waals surface area contributed by atoms with Crippen LogP contribution in [0.1, 0.15) is 15.9 Å². The number of halogens is 4. The van der Waals surface area contributed by atoms with Crippen molar-refractivity contribution >= 4 is 17.4 Å². The summed E-state index contributed by atoms with van der Waals surface area (Å²) in [6.45, 7) is 3.22. The maximum Gasteiger partial charge on any atom is 0.416 e. The Balaban J connectivity index is 3.20. The van der Waals surface area contributed by atoms with Crippen molar-refractivity contribution in [1.29, 1.82) is 0 Å². The van der Waals surface area contributed by atoms with Crippen molar-refractivity contribution in [2.45, 2.75) is 6.18 Å². The lowest BCUT2D eigenvalue weighted by atomic mass is 10.1. The van der Waals surface area contributed by atoms with Crippen molar-refractivity contribution in [2.24, 2.45) is 0 Å².